The largest absolute Gasteiger partial charge is 0.379 e. The predicted molar refractivity (Wildman–Crippen MR) is 76.7 cm³/mol. The normalized spacial score (nSPS) is 34.8. The van der Waals surface area contributed by atoms with Gasteiger partial charge in [0.2, 0.25) is 0 Å². The van der Waals surface area contributed by atoms with Crippen LogP contribution in [0.15, 0.2) is 0 Å². The molecule has 0 amide bonds. The number of fused-ring (bicyclic) bond motifs is 2. The van der Waals surface area contributed by atoms with E-state index in [4.69, 9.17) is 4.74 Å². The fraction of sp³-hybridized carbons (Fsp3) is 1.00. The lowest BCUT2D eigenvalue weighted by molar-refractivity contribution is -0.0170. The summed E-state index contributed by atoms with van der Waals surface area (Å²) in [6, 6.07) is 0.499. The van der Waals surface area contributed by atoms with E-state index in [0.717, 1.165) is 17.8 Å². The minimum atomic E-state index is 0.208. The molecule has 2 aliphatic rings. The molecular formula is C16H31NO. The Morgan fingerprint density at radius 3 is 2.33 bits per heavy atom. The van der Waals surface area contributed by atoms with Crippen molar-refractivity contribution in [2.75, 3.05) is 14.2 Å². The van der Waals surface area contributed by atoms with Crippen LogP contribution in [0.1, 0.15) is 52.9 Å². The molecule has 0 aromatic carbocycles. The van der Waals surface area contributed by atoms with Crippen LogP contribution in [0.3, 0.4) is 0 Å². The Morgan fingerprint density at radius 1 is 1.22 bits per heavy atom. The summed E-state index contributed by atoms with van der Waals surface area (Å²) in [7, 11) is 3.96. The van der Waals surface area contributed by atoms with Crippen molar-refractivity contribution in [3.05, 3.63) is 0 Å². The summed E-state index contributed by atoms with van der Waals surface area (Å²) in [4.78, 5) is 0. The lowest BCUT2D eigenvalue weighted by atomic mass is 9.78. The molecule has 2 fully saturated rings. The summed E-state index contributed by atoms with van der Waals surface area (Å²) in [5.74, 6) is 3.01. The van der Waals surface area contributed by atoms with Crippen LogP contribution in [-0.2, 0) is 4.74 Å². The third-order valence-corrected chi connectivity index (χ3v) is 5.28. The van der Waals surface area contributed by atoms with E-state index in [1.807, 2.05) is 7.11 Å². The van der Waals surface area contributed by atoms with Gasteiger partial charge in [-0.3, -0.25) is 0 Å². The standard InChI is InChI=1S/C16H31NO/c1-16(2,3)15(18-5)14(17-4)10-13-9-11-6-7-12(13)8-11/h11-15,17H,6-10H2,1-5H3. The van der Waals surface area contributed by atoms with Crippen molar-refractivity contribution in [3.63, 3.8) is 0 Å². The van der Waals surface area contributed by atoms with Crippen molar-refractivity contribution in [1.82, 2.24) is 5.32 Å². The summed E-state index contributed by atoms with van der Waals surface area (Å²) in [6.07, 6.45) is 7.57. The van der Waals surface area contributed by atoms with E-state index in [-0.39, 0.29) is 5.41 Å². The zero-order valence-electron chi connectivity index (χ0n) is 12.8. The van der Waals surface area contributed by atoms with Gasteiger partial charge in [-0.05, 0) is 55.9 Å². The molecule has 2 saturated carbocycles. The summed E-state index contributed by atoms with van der Waals surface area (Å²) >= 11 is 0. The zero-order chi connectivity index (χ0) is 13.3. The van der Waals surface area contributed by atoms with Crippen LogP contribution in [0.25, 0.3) is 0 Å². The quantitative estimate of drug-likeness (QED) is 0.810. The highest BCUT2D eigenvalue weighted by molar-refractivity contribution is 4.94. The smallest absolute Gasteiger partial charge is 0.0772 e. The molecule has 0 aromatic rings. The van der Waals surface area contributed by atoms with Gasteiger partial charge in [0, 0.05) is 13.2 Å². The second-order valence-corrected chi connectivity index (χ2v) is 7.59. The topological polar surface area (TPSA) is 21.3 Å². The molecule has 0 saturated heterocycles. The van der Waals surface area contributed by atoms with Gasteiger partial charge in [0.15, 0.2) is 0 Å². The van der Waals surface area contributed by atoms with Gasteiger partial charge < -0.3 is 10.1 Å². The predicted octanol–water partition coefficient (Wildman–Crippen LogP) is 3.46. The lowest BCUT2D eigenvalue weighted by Crippen LogP contribution is -2.47. The van der Waals surface area contributed by atoms with Gasteiger partial charge in [-0.15, -0.1) is 0 Å². The number of hydrogen-bond donors (Lipinski definition) is 1. The first-order valence-electron chi connectivity index (χ1n) is 7.65. The molecule has 5 atom stereocenters. The number of rotatable bonds is 5. The maximum atomic E-state index is 5.80. The van der Waals surface area contributed by atoms with Crippen LogP contribution < -0.4 is 5.32 Å². The molecule has 2 bridgehead atoms. The van der Waals surface area contributed by atoms with Gasteiger partial charge in [-0.25, -0.2) is 0 Å². The van der Waals surface area contributed by atoms with E-state index < -0.39 is 0 Å². The van der Waals surface area contributed by atoms with Crippen LogP contribution >= 0.6 is 0 Å². The molecule has 0 radical (unpaired) electrons. The van der Waals surface area contributed by atoms with E-state index in [0.29, 0.717) is 12.1 Å². The third kappa shape index (κ3) is 2.91. The van der Waals surface area contributed by atoms with Crippen LogP contribution in [0, 0.1) is 23.2 Å². The monoisotopic (exact) mass is 253 g/mol. The van der Waals surface area contributed by atoms with Gasteiger partial charge in [-0.1, -0.05) is 27.2 Å². The molecule has 2 nitrogen and oxygen atoms in total. The van der Waals surface area contributed by atoms with E-state index >= 15 is 0 Å². The molecule has 0 spiro atoms. The van der Waals surface area contributed by atoms with Crippen LogP contribution in [0.4, 0.5) is 0 Å². The average molecular weight is 253 g/mol. The highest BCUT2D eigenvalue weighted by atomic mass is 16.5. The third-order valence-electron chi connectivity index (χ3n) is 5.28. The fourth-order valence-electron chi connectivity index (χ4n) is 4.51. The highest BCUT2D eigenvalue weighted by Crippen LogP contribution is 2.50. The van der Waals surface area contributed by atoms with Crippen molar-refractivity contribution in [1.29, 1.82) is 0 Å². The number of hydrogen-bond acceptors (Lipinski definition) is 2. The number of nitrogens with one attached hydrogen (secondary N) is 1. The number of likely N-dealkylation sites (N-methyl/N-ethyl adjacent to an activating group) is 1. The van der Waals surface area contributed by atoms with E-state index in [1.54, 1.807) is 0 Å². The van der Waals surface area contributed by atoms with Crippen molar-refractivity contribution in [2.24, 2.45) is 23.2 Å². The van der Waals surface area contributed by atoms with Crippen LogP contribution in [-0.4, -0.2) is 26.3 Å². The van der Waals surface area contributed by atoms with Crippen LogP contribution in [0.5, 0.6) is 0 Å². The van der Waals surface area contributed by atoms with Crippen molar-refractivity contribution in [2.45, 2.75) is 65.0 Å². The van der Waals surface area contributed by atoms with Gasteiger partial charge in [0.05, 0.1) is 6.10 Å². The van der Waals surface area contributed by atoms with E-state index in [9.17, 15) is 0 Å². The van der Waals surface area contributed by atoms with E-state index in [1.165, 1.54) is 32.1 Å². The molecule has 5 unspecified atom stereocenters. The maximum absolute atomic E-state index is 5.80. The highest BCUT2D eigenvalue weighted by Gasteiger charge is 2.42. The second-order valence-electron chi connectivity index (χ2n) is 7.59. The molecule has 0 aromatic heterocycles. The Kier molecular flexibility index (Phi) is 4.38. The average Bonchev–Trinajstić information content (AvgIpc) is 2.88. The maximum Gasteiger partial charge on any atom is 0.0772 e. The summed E-state index contributed by atoms with van der Waals surface area (Å²) < 4.78 is 5.80. The van der Waals surface area contributed by atoms with Crippen molar-refractivity contribution in [3.8, 4) is 0 Å². The van der Waals surface area contributed by atoms with Gasteiger partial charge >= 0.3 is 0 Å². The van der Waals surface area contributed by atoms with E-state index in [2.05, 4.69) is 33.1 Å². The summed E-state index contributed by atoms with van der Waals surface area (Å²) in [6.45, 7) is 6.85. The molecule has 106 valence electrons. The Hall–Kier alpha value is -0.0800. The van der Waals surface area contributed by atoms with Gasteiger partial charge in [0.25, 0.3) is 0 Å². The first-order valence-corrected chi connectivity index (χ1v) is 7.65. The minimum absolute atomic E-state index is 0.208. The first kappa shape index (κ1) is 14.3. The Bertz CT molecular complexity index is 271. The van der Waals surface area contributed by atoms with Crippen LogP contribution in [0.2, 0.25) is 0 Å². The molecule has 2 aliphatic carbocycles. The van der Waals surface area contributed by atoms with Gasteiger partial charge in [-0.2, -0.15) is 0 Å². The summed E-state index contributed by atoms with van der Waals surface area (Å²) in [5, 5.41) is 3.52. The Labute approximate surface area is 113 Å². The van der Waals surface area contributed by atoms with Crippen molar-refractivity contribution < 1.29 is 4.74 Å². The lowest BCUT2D eigenvalue weighted by Gasteiger charge is -2.38. The zero-order valence-corrected chi connectivity index (χ0v) is 12.8. The van der Waals surface area contributed by atoms with Gasteiger partial charge in [0.1, 0.15) is 0 Å². The molecule has 1 N–H and O–H groups in total. The molecule has 2 heteroatoms. The van der Waals surface area contributed by atoms with Crippen molar-refractivity contribution >= 4 is 0 Å². The second kappa shape index (κ2) is 5.50. The number of methoxy groups -OCH3 is 1. The fourth-order valence-corrected chi connectivity index (χ4v) is 4.51. The molecular weight excluding hydrogens is 222 g/mol. The molecule has 0 heterocycles. The first-order chi connectivity index (χ1) is 8.45. The Morgan fingerprint density at radius 2 is 1.94 bits per heavy atom. The number of ether oxygens (including phenoxy) is 1. The molecule has 2 rings (SSSR count). The molecule has 0 aliphatic heterocycles. The SMILES string of the molecule is CNC(CC1CC2CCC1C2)C(OC)C(C)(C)C. The molecule has 18 heavy (non-hydrogen) atoms. The minimum Gasteiger partial charge on any atom is -0.379 e. The summed E-state index contributed by atoms with van der Waals surface area (Å²) in [5.41, 5.74) is 0.208. The Balaban J connectivity index is 1.96.